The summed E-state index contributed by atoms with van der Waals surface area (Å²) in [7, 11) is 1.73. The van der Waals surface area contributed by atoms with Gasteiger partial charge in [-0.2, -0.15) is 0 Å². The first-order valence-electron chi connectivity index (χ1n) is 9.37. The molecular weight excluding hydrogens is 310 g/mol. The Labute approximate surface area is 150 Å². The van der Waals surface area contributed by atoms with E-state index in [4.69, 9.17) is 9.47 Å². The van der Waals surface area contributed by atoms with Crippen molar-refractivity contribution < 1.29 is 9.47 Å². The third kappa shape index (κ3) is 3.37. The standard InChI is InChI=1S/C22H27NO2/c1-24-21-19-12-5-6-13-20(19)22(25-21)14-16-23(17-22)15-8-7-11-18-9-3-2-4-10-18/h2-6,9-10,12-13,21H,7-8,11,14-17H2,1H3/t21-,22+/m0/s1. The van der Waals surface area contributed by atoms with Gasteiger partial charge in [-0.3, -0.25) is 4.90 Å². The summed E-state index contributed by atoms with van der Waals surface area (Å²) in [6.07, 6.45) is 4.49. The van der Waals surface area contributed by atoms with Crippen molar-refractivity contribution in [2.45, 2.75) is 37.6 Å². The smallest absolute Gasteiger partial charge is 0.184 e. The fourth-order valence-electron chi connectivity index (χ4n) is 4.30. The van der Waals surface area contributed by atoms with Crippen LogP contribution in [0.1, 0.15) is 42.2 Å². The lowest BCUT2D eigenvalue weighted by Crippen LogP contribution is -2.31. The molecule has 0 aromatic heterocycles. The predicted octanol–water partition coefficient (Wildman–Crippen LogP) is 4.29. The molecule has 132 valence electrons. The molecular formula is C22H27NO2. The summed E-state index contributed by atoms with van der Waals surface area (Å²) in [6, 6.07) is 19.3. The van der Waals surface area contributed by atoms with E-state index in [1.54, 1.807) is 7.11 Å². The Morgan fingerprint density at radius 3 is 2.72 bits per heavy atom. The highest BCUT2D eigenvalue weighted by molar-refractivity contribution is 5.38. The number of methoxy groups -OCH3 is 1. The summed E-state index contributed by atoms with van der Waals surface area (Å²) in [5, 5.41) is 0. The number of fused-ring (bicyclic) bond motifs is 2. The second kappa shape index (κ2) is 7.28. The van der Waals surface area contributed by atoms with E-state index >= 15 is 0 Å². The molecule has 0 bridgehead atoms. The lowest BCUT2D eigenvalue weighted by atomic mass is 9.91. The molecule has 0 amide bonds. The van der Waals surface area contributed by atoms with Crippen molar-refractivity contribution in [3.8, 4) is 0 Å². The first-order chi connectivity index (χ1) is 12.3. The predicted molar refractivity (Wildman–Crippen MR) is 99.4 cm³/mol. The van der Waals surface area contributed by atoms with Crippen molar-refractivity contribution in [3.05, 3.63) is 71.3 Å². The first kappa shape index (κ1) is 16.8. The molecule has 25 heavy (non-hydrogen) atoms. The second-order valence-electron chi connectivity index (χ2n) is 7.24. The molecule has 1 fully saturated rings. The first-order valence-corrected chi connectivity index (χ1v) is 9.37. The topological polar surface area (TPSA) is 21.7 Å². The van der Waals surface area contributed by atoms with Gasteiger partial charge in [0.25, 0.3) is 0 Å². The molecule has 0 unspecified atom stereocenters. The molecule has 0 N–H and O–H groups in total. The summed E-state index contributed by atoms with van der Waals surface area (Å²) in [5.41, 5.74) is 3.80. The molecule has 0 saturated carbocycles. The minimum absolute atomic E-state index is 0.170. The van der Waals surface area contributed by atoms with Gasteiger partial charge in [-0.25, -0.2) is 0 Å². The highest BCUT2D eigenvalue weighted by Gasteiger charge is 2.49. The molecule has 2 aromatic rings. The van der Waals surface area contributed by atoms with Gasteiger partial charge in [0.2, 0.25) is 0 Å². The molecule has 0 aliphatic carbocycles. The summed E-state index contributed by atoms with van der Waals surface area (Å²) >= 11 is 0. The van der Waals surface area contributed by atoms with Gasteiger partial charge >= 0.3 is 0 Å². The van der Waals surface area contributed by atoms with E-state index in [1.807, 2.05) is 0 Å². The Balaban J connectivity index is 1.33. The van der Waals surface area contributed by atoms with Gasteiger partial charge in [0, 0.05) is 25.8 Å². The van der Waals surface area contributed by atoms with Gasteiger partial charge in [-0.1, -0.05) is 54.6 Å². The quantitative estimate of drug-likeness (QED) is 0.734. The van der Waals surface area contributed by atoms with Gasteiger partial charge in [0.1, 0.15) is 5.60 Å². The van der Waals surface area contributed by atoms with Crippen molar-refractivity contribution in [2.24, 2.45) is 0 Å². The molecule has 2 atom stereocenters. The average Bonchev–Trinajstić information content (AvgIpc) is 3.22. The highest BCUT2D eigenvalue weighted by atomic mass is 16.7. The maximum Gasteiger partial charge on any atom is 0.184 e. The number of nitrogens with zero attached hydrogens (tertiary/aromatic N) is 1. The Kier molecular flexibility index (Phi) is 4.89. The van der Waals surface area contributed by atoms with Crippen LogP contribution in [0.25, 0.3) is 0 Å². The Bertz CT molecular complexity index is 702. The van der Waals surface area contributed by atoms with E-state index in [0.29, 0.717) is 0 Å². The zero-order chi connectivity index (χ0) is 17.1. The van der Waals surface area contributed by atoms with E-state index in [2.05, 4.69) is 59.5 Å². The van der Waals surface area contributed by atoms with Crippen molar-refractivity contribution in [2.75, 3.05) is 26.7 Å². The number of ether oxygens (including phenoxy) is 2. The SMILES string of the molecule is CO[C@H]1O[C@@]2(CCN(CCCCc3ccccc3)C2)c2ccccc21. The van der Waals surface area contributed by atoms with Crippen LogP contribution in [-0.2, 0) is 21.5 Å². The average molecular weight is 337 g/mol. The lowest BCUT2D eigenvalue weighted by Gasteiger charge is -2.25. The van der Waals surface area contributed by atoms with Gasteiger partial charge in [0.15, 0.2) is 6.29 Å². The number of hydrogen-bond acceptors (Lipinski definition) is 3. The van der Waals surface area contributed by atoms with E-state index in [-0.39, 0.29) is 11.9 Å². The number of likely N-dealkylation sites (tertiary alicyclic amines) is 1. The van der Waals surface area contributed by atoms with Crippen LogP contribution in [0, 0.1) is 0 Å². The van der Waals surface area contributed by atoms with Crippen LogP contribution >= 0.6 is 0 Å². The molecule has 2 aromatic carbocycles. The van der Waals surface area contributed by atoms with Crippen LogP contribution in [0.2, 0.25) is 0 Å². The molecule has 0 radical (unpaired) electrons. The minimum atomic E-state index is -0.214. The summed E-state index contributed by atoms with van der Waals surface area (Å²) in [5.74, 6) is 0. The van der Waals surface area contributed by atoms with E-state index in [9.17, 15) is 0 Å². The van der Waals surface area contributed by atoms with Gasteiger partial charge in [-0.05, 0) is 43.4 Å². The van der Waals surface area contributed by atoms with Gasteiger partial charge in [0.05, 0.1) is 0 Å². The van der Waals surface area contributed by atoms with E-state index < -0.39 is 0 Å². The summed E-state index contributed by atoms with van der Waals surface area (Å²) in [4.78, 5) is 2.56. The van der Waals surface area contributed by atoms with Crippen LogP contribution in [0.4, 0.5) is 0 Å². The number of benzene rings is 2. The van der Waals surface area contributed by atoms with Gasteiger partial charge < -0.3 is 9.47 Å². The van der Waals surface area contributed by atoms with E-state index in [1.165, 1.54) is 36.0 Å². The fourth-order valence-corrected chi connectivity index (χ4v) is 4.30. The van der Waals surface area contributed by atoms with Crippen molar-refractivity contribution in [1.29, 1.82) is 0 Å². The minimum Gasteiger partial charge on any atom is -0.352 e. The van der Waals surface area contributed by atoms with Crippen LogP contribution in [0.15, 0.2) is 54.6 Å². The Hall–Kier alpha value is -1.68. The largest absolute Gasteiger partial charge is 0.352 e. The second-order valence-corrected chi connectivity index (χ2v) is 7.24. The summed E-state index contributed by atoms with van der Waals surface area (Å²) in [6.45, 7) is 3.24. The third-order valence-corrected chi connectivity index (χ3v) is 5.60. The van der Waals surface area contributed by atoms with Crippen LogP contribution in [-0.4, -0.2) is 31.6 Å². The van der Waals surface area contributed by atoms with Crippen LogP contribution in [0.5, 0.6) is 0 Å². The van der Waals surface area contributed by atoms with Gasteiger partial charge in [-0.15, -0.1) is 0 Å². The Morgan fingerprint density at radius 1 is 1.08 bits per heavy atom. The normalized spacial score (nSPS) is 25.6. The van der Waals surface area contributed by atoms with Crippen molar-refractivity contribution >= 4 is 0 Å². The molecule has 3 heteroatoms. The molecule has 1 spiro atoms. The maximum atomic E-state index is 6.37. The number of unbranched alkanes of at least 4 members (excludes halogenated alkanes) is 1. The third-order valence-electron chi connectivity index (χ3n) is 5.60. The molecule has 1 saturated heterocycles. The zero-order valence-corrected chi connectivity index (χ0v) is 15.0. The van der Waals surface area contributed by atoms with Crippen LogP contribution < -0.4 is 0 Å². The molecule has 3 nitrogen and oxygen atoms in total. The van der Waals surface area contributed by atoms with E-state index in [0.717, 1.165) is 26.1 Å². The molecule has 2 heterocycles. The van der Waals surface area contributed by atoms with Crippen molar-refractivity contribution in [1.82, 2.24) is 4.90 Å². The number of hydrogen-bond donors (Lipinski definition) is 0. The molecule has 2 aliphatic rings. The monoisotopic (exact) mass is 337 g/mol. The summed E-state index contributed by atoms with van der Waals surface area (Å²) < 4.78 is 11.9. The lowest BCUT2D eigenvalue weighted by molar-refractivity contribution is -0.183. The van der Waals surface area contributed by atoms with Crippen LogP contribution in [0.3, 0.4) is 0 Å². The Morgan fingerprint density at radius 2 is 1.88 bits per heavy atom. The fraction of sp³-hybridized carbons (Fsp3) is 0.455. The maximum absolute atomic E-state index is 6.37. The number of rotatable bonds is 6. The molecule has 2 aliphatic heterocycles. The highest BCUT2D eigenvalue weighted by Crippen LogP contribution is 2.48. The number of aryl methyl sites for hydroxylation is 1. The van der Waals surface area contributed by atoms with Crippen molar-refractivity contribution in [3.63, 3.8) is 0 Å². The molecule has 4 rings (SSSR count). The zero-order valence-electron chi connectivity index (χ0n) is 15.0.